The zero-order valence-corrected chi connectivity index (χ0v) is 31.8. The number of aromatic nitrogens is 5. The van der Waals surface area contributed by atoms with Gasteiger partial charge in [0.05, 0.1) is 30.3 Å². The Labute approximate surface area is 306 Å². The van der Waals surface area contributed by atoms with Crippen LogP contribution >= 0.6 is 11.6 Å². The maximum Gasteiger partial charge on any atom is 0.419 e. The van der Waals surface area contributed by atoms with Crippen LogP contribution in [0, 0.1) is 5.92 Å². The number of fused-ring (bicyclic) bond motifs is 2. The lowest BCUT2D eigenvalue weighted by Crippen LogP contribution is -2.41. The predicted molar refractivity (Wildman–Crippen MR) is 197 cm³/mol. The summed E-state index contributed by atoms with van der Waals surface area (Å²) in [4.78, 5) is 71.7. The second-order valence-corrected chi connectivity index (χ2v) is 15.4. The maximum atomic E-state index is 14.5. The van der Waals surface area contributed by atoms with Crippen molar-refractivity contribution in [2.75, 3.05) is 18.5 Å². The molecule has 1 aliphatic rings. The van der Waals surface area contributed by atoms with E-state index < -0.39 is 34.6 Å². The second kappa shape index (κ2) is 15.1. The molecule has 5 rings (SSSR count). The Morgan fingerprint density at radius 3 is 2.40 bits per heavy atom. The molecule has 1 amide bonds. The molecule has 0 aliphatic heterocycles. The molecule has 1 fully saturated rings. The number of nitrogens with zero attached hydrogens (tertiary/aromatic N) is 5. The molecule has 0 spiro atoms. The van der Waals surface area contributed by atoms with Gasteiger partial charge < -0.3 is 29.4 Å². The van der Waals surface area contributed by atoms with Gasteiger partial charge in [0.15, 0.2) is 11.2 Å². The minimum Gasteiger partial charge on any atom is -0.466 e. The first-order valence-electron chi connectivity index (χ1n) is 17.5. The molecule has 0 radical (unpaired) electrons. The van der Waals surface area contributed by atoms with E-state index in [1.807, 2.05) is 0 Å². The highest BCUT2D eigenvalue weighted by Crippen LogP contribution is 2.30. The third-order valence-electron chi connectivity index (χ3n) is 8.63. The molecule has 52 heavy (non-hydrogen) atoms. The number of aryl methyl sites for hydroxylation is 1. The van der Waals surface area contributed by atoms with Crippen molar-refractivity contribution in [2.45, 2.75) is 104 Å². The third-order valence-corrected chi connectivity index (χ3v) is 8.96. The number of alkyl carbamates (subject to hydrolysis) is 1. The average Bonchev–Trinajstić information content (AvgIpc) is 3.60. The summed E-state index contributed by atoms with van der Waals surface area (Å²) < 4.78 is 21.6. The summed E-state index contributed by atoms with van der Waals surface area (Å²) in [5, 5.41) is 7.07. The summed E-state index contributed by atoms with van der Waals surface area (Å²) in [5.74, 6) is -0.237. The molecule has 1 aliphatic carbocycles. The minimum absolute atomic E-state index is 0.0683. The Morgan fingerprint density at radius 1 is 1.02 bits per heavy atom. The monoisotopic (exact) mass is 741 g/mol. The van der Waals surface area contributed by atoms with Crippen LogP contribution in [0.4, 0.5) is 15.5 Å². The van der Waals surface area contributed by atoms with E-state index in [1.54, 1.807) is 77.3 Å². The molecular weight excluding hydrogens is 694 g/mol. The second-order valence-electron chi connectivity index (χ2n) is 15.0. The fourth-order valence-electron chi connectivity index (χ4n) is 6.45. The quantitative estimate of drug-likeness (QED) is 0.167. The van der Waals surface area contributed by atoms with Crippen LogP contribution < -0.4 is 21.9 Å². The number of halogens is 1. The lowest BCUT2D eigenvalue weighted by molar-refractivity contribution is -0.149. The van der Waals surface area contributed by atoms with Crippen molar-refractivity contribution in [3.05, 3.63) is 55.8 Å². The van der Waals surface area contributed by atoms with Crippen molar-refractivity contribution in [2.24, 2.45) is 13.0 Å². The van der Waals surface area contributed by atoms with Crippen molar-refractivity contribution in [3.63, 3.8) is 0 Å². The number of nitrogens with one attached hydrogen (secondary N) is 2. The first kappa shape index (κ1) is 38.4. The summed E-state index contributed by atoms with van der Waals surface area (Å²) in [6.07, 6.45) is 1.41. The molecule has 15 nitrogen and oxygen atoms in total. The summed E-state index contributed by atoms with van der Waals surface area (Å²) in [7, 11) is 1.51. The lowest BCUT2D eigenvalue weighted by Gasteiger charge is -2.29. The number of esters is 1. The number of hydrogen-bond donors (Lipinski definition) is 2. The molecule has 1 aromatic carbocycles. The Hall–Kier alpha value is -4.79. The van der Waals surface area contributed by atoms with Crippen molar-refractivity contribution in [1.29, 1.82) is 0 Å². The molecule has 0 bridgehead atoms. The van der Waals surface area contributed by atoms with Gasteiger partial charge in [0.1, 0.15) is 11.2 Å². The Bertz CT molecular complexity index is 2120. The number of ether oxygens (including phenoxy) is 3. The predicted octanol–water partition coefficient (Wildman–Crippen LogP) is 5.39. The minimum atomic E-state index is -0.826. The van der Waals surface area contributed by atoms with Gasteiger partial charge in [-0.1, -0.05) is 24.1 Å². The first-order valence-corrected chi connectivity index (χ1v) is 17.9. The topological polar surface area (TPSA) is 170 Å². The molecule has 1 saturated carbocycles. The van der Waals surface area contributed by atoms with Crippen LogP contribution in [0.2, 0.25) is 5.02 Å². The zero-order chi connectivity index (χ0) is 38.1. The third kappa shape index (κ3) is 8.46. The summed E-state index contributed by atoms with van der Waals surface area (Å²) in [6, 6.07) is 6.58. The normalized spacial score (nSPS) is 16.6. The van der Waals surface area contributed by atoms with Gasteiger partial charge in [-0.25, -0.2) is 19.0 Å². The number of anilines is 1. The van der Waals surface area contributed by atoms with Crippen LogP contribution in [0.25, 0.3) is 22.1 Å². The Morgan fingerprint density at radius 2 is 1.73 bits per heavy atom. The fourth-order valence-corrected chi connectivity index (χ4v) is 6.68. The molecule has 16 heteroatoms. The van der Waals surface area contributed by atoms with E-state index in [-0.39, 0.29) is 48.7 Å². The maximum absolute atomic E-state index is 14.5. The van der Waals surface area contributed by atoms with E-state index in [4.69, 9.17) is 30.8 Å². The number of imidazole rings is 1. The standard InChI is InChI=1S/C36H48ClN7O8/c1-9-50-30(46)21-12-10-13-22(18-21)39-31-40-28-27(42(31)17-16-38-32(47)51-35(2,3)4)29(45)43(33(48)41(28)8)20-23-19-24-25(37)14-11-15-26(24)44(23)34(49)52-36(5,6)7/h11,14-15,19,21-22H,9-10,12-13,16-18,20H2,1-8H3,(H,38,47)(H,39,40). The highest BCUT2D eigenvalue weighted by molar-refractivity contribution is 6.35. The molecule has 282 valence electrons. The summed E-state index contributed by atoms with van der Waals surface area (Å²) in [5.41, 5.74) is -1.87. The fraction of sp³-hybridized carbons (Fsp3) is 0.556. The Balaban J connectivity index is 1.60. The largest absolute Gasteiger partial charge is 0.466 e. The van der Waals surface area contributed by atoms with Crippen LogP contribution in [0.1, 0.15) is 79.8 Å². The van der Waals surface area contributed by atoms with Crippen molar-refractivity contribution >= 4 is 57.8 Å². The molecule has 2 atom stereocenters. The summed E-state index contributed by atoms with van der Waals surface area (Å²) >= 11 is 6.52. The van der Waals surface area contributed by atoms with Crippen molar-refractivity contribution in [1.82, 2.24) is 28.6 Å². The number of hydrogen-bond acceptors (Lipinski definition) is 10. The highest BCUT2D eigenvalue weighted by Gasteiger charge is 2.31. The zero-order valence-electron chi connectivity index (χ0n) is 31.0. The van der Waals surface area contributed by atoms with E-state index in [2.05, 4.69) is 10.6 Å². The molecular formula is C36H48ClN7O8. The highest BCUT2D eigenvalue weighted by atomic mass is 35.5. The van der Waals surface area contributed by atoms with E-state index in [0.717, 1.165) is 17.4 Å². The van der Waals surface area contributed by atoms with Gasteiger partial charge in [-0.05, 0) is 85.9 Å². The number of carbonyl (C=O) groups excluding carboxylic acids is 3. The molecule has 3 aromatic heterocycles. The first-order chi connectivity index (χ1) is 24.4. The Kier molecular flexibility index (Phi) is 11.1. The van der Waals surface area contributed by atoms with Gasteiger partial charge in [0.2, 0.25) is 5.95 Å². The molecule has 2 N–H and O–H groups in total. The lowest BCUT2D eigenvalue weighted by atomic mass is 9.86. The van der Waals surface area contributed by atoms with Gasteiger partial charge in [0.25, 0.3) is 5.56 Å². The van der Waals surface area contributed by atoms with Gasteiger partial charge in [0, 0.05) is 36.6 Å². The molecule has 0 saturated heterocycles. The van der Waals surface area contributed by atoms with Gasteiger partial charge in [-0.3, -0.25) is 18.7 Å². The number of benzene rings is 1. The smallest absolute Gasteiger partial charge is 0.419 e. The van der Waals surface area contributed by atoms with Gasteiger partial charge in [-0.2, -0.15) is 4.98 Å². The summed E-state index contributed by atoms with van der Waals surface area (Å²) in [6.45, 7) is 12.4. The number of amides is 1. The van der Waals surface area contributed by atoms with Crippen LogP contribution in [0.3, 0.4) is 0 Å². The molecule has 4 aromatic rings. The van der Waals surface area contributed by atoms with E-state index >= 15 is 0 Å². The van der Waals surface area contributed by atoms with Crippen LogP contribution in [-0.2, 0) is 39.1 Å². The van der Waals surface area contributed by atoms with Crippen molar-refractivity contribution < 1.29 is 28.6 Å². The van der Waals surface area contributed by atoms with Crippen LogP contribution in [0.15, 0.2) is 33.9 Å². The molecule has 3 heterocycles. The SMILES string of the molecule is CCOC(=O)C1CCCC(Nc2nc3c(c(=O)n(Cc4cc5c(Cl)cccc5n4C(=O)OC(C)(C)C)c(=O)n3C)n2CCNC(=O)OC(C)(C)C)C1. The molecule has 2 unspecified atom stereocenters. The van der Waals surface area contributed by atoms with Crippen LogP contribution in [-0.4, -0.2) is 71.8 Å². The van der Waals surface area contributed by atoms with E-state index in [9.17, 15) is 24.0 Å². The van der Waals surface area contributed by atoms with E-state index in [1.165, 1.54) is 16.2 Å². The average molecular weight is 742 g/mol. The van der Waals surface area contributed by atoms with Gasteiger partial charge >= 0.3 is 23.8 Å². The number of carbonyl (C=O) groups is 3. The number of rotatable bonds is 9. The van der Waals surface area contributed by atoms with E-state index in [0.29, 0.717) is 47.0 Å². The van der Waals surface area contributed by atoms with Gasteiger partial charge in [-0.15, -0.1) is 0 Å². The van der Waals surface area contributed by atoms with Crippen molar-refractivity contribution in [3.8, 4) is 0 Å². The van der Waals surface area contributed by atoms with Crippen LogP contribution in [0.5, 0.6) is 0 Å².